The molecule has 1 N–H and O–H groups in total. The van der Waals surface area contributed by atoms with E-state index in [0.29, 0.717) is 0 Å². The minimum Gasteiger partial charge on any atom is -0.478 e. The maximum absolute atomic E-state index is 12.9. The van der Waals surface area contributed by atoms with Crippen LogP contribution >= 0.6 is 15.9 Å². The fraction of sp³-hybridized carbons (Fsp3) is 0.100. The average Bonchev–Trinajstić information content (AvgIpc) is 2.77. The van der Waals surface area contributed by atoms with Crippen LogP contribution in [-0.4, -0.2) is 25.8 Å². The molecule has 0 aliphatic rings. The number of pyridine rings is 1. The number of carboxylic acid groups (broad SMARTS) is 1. The Morgan fingerprint density at radius 1 is 1.37 bits per heavy atom. The molecule has 2 aromatic rings. The Hall–Kier alpha value is -1.90. The van der Waals surface area contributed by atoms with Gasteiger partial charge in [-0.15, -0.1) is 0 Å². The van der Waals surface area contributed by atoms with Crippen molar-refractivity contribution in [1.82, 2.24) is 14.8 Å². The van der Waals surface area contributed by atoms with Gasteiger partial charge in [-0.3, -0.25) is 0 Å². The van der Waals surface area contributed by atoms with E-state index in [1.807, 2.05) is 0 Å². The lowest BCUT2D eigenvalue weighted by molar-refractivity contribution is -0.137. The molecular weight excluding hydrogens is 331 g/mol. The highest BCUT2D eigenvalue weighted by Crippen LogP contribution is 2.34. The van der Waals surface area contributed by atoms with Gasteiger partial charge in [0, 0.05) is 16.9 Å². The second-order valence-corrected chi connectivity index (χ2v) is 4.42. The molecule has 2 aromatic heterocycles. The Morgan fingerprint density at radius 3 is 2.58 bits per heavy atom. The highest BCUT2D eigenvalue weighted by Gasteiger charge is 2.35. The van der Waals surface area contributed by atoms with Crippen LogP contribution in [0.15, 0.2) is 29.1 Å². The summed E-state index contributed by atoms with van der Waals surface area (Å²) in [6, 6.07) is 0.852. The van der Waals surface area contributed by atoms with Crippen LogP contribution < -0.4 is 0 Å². The van der Waals surface area contributed by atoms with Gasteiger partial charge in [-0.1, -0.05) is 0 Å². The van der Waals surface area contributed by atoms with Crippen LogP contribution in [0.25, 0.3) is 5.82 Å². The van der Waals surface area contributed by atoms with Crippen LogP contribution in [0.1, 0.15) is 15.9 Å². The molecule has 0 aromatic carbocycles. The fourth-order valence-electron chi connectivity index (χ4n) is 1.37. The van der Waals surface area contributed by atoms with E-state index >= 15 is 0 Å². The number of rotatable bonds is 2. The summed E-state index contributed by atoms with van der Waals surface area (Å²) in [6.07, 6.45) is -1.53. The number of aromatic nitrogens is 3. The van der Waals surface area contributed by atoms with Crippen molar-refractivity contribution in [3.8, 4) is 5.82 Å². The van der Waals surface area contributed by atoms with Crippen molar-refractivity contribution < 1.29 is 23.1 Å². The zero-order chi connectivity index (χ0) is 14.2. The topological polar surface area (TPSA) is 68.0 Å². The second kappa shape index (κ2) is 4.65. The van der Waals surface area contributed by atoms with Gasteiger partial charge in [-0.2, -0.15) is 18.3 Å². The predicted octanol–water partition coefficient (Wildman–Crippen LogP) is 2.75. The largest absolute Gasteiger partial charge is 0.478 e. The lowest BCUT2D eigenvalue weighted by Gasteiger charge is -2.11. The Morgan fingerprint density at radius 2 is 2.05 bits per heavy atom. The summed E-state index contributed by atoms with van der Waals surface area (Å²) >= 11 is 2.90. The summed E-state index contributed by atoms with van der Waals surface area (Å²) in [7, 11) is 0. The quantitative estimate of drug-likeness (QED) is 0.916. The molecule has 0 atom stereocenters. The van der Waals surface area contributed by atoms with Crippen LogP contribution in [0, 0.1) is 0 Å². The van der Waals surface area contributed by atoms with Gasteiger partial charge in [0.2, 0.25) is 0 Å². The van der Waals surface area contributed by atoms with E-state index in [1.54, 1.807) is 0 Å². The van der Waals surface area contributed by atoms with E-state index in [2.05, 4.69) is 26.0 Å². The first-order chi connectivity index (χ1) is 8.79. The molecule has 0 unspecified atom stereocenters. The number of halogens is 4. The molecule has 0 amide bonds. The van der Waals surface area contributed by atoms with Gasteiger partial charge in [0.05, 0.1) is 11.8 Å². The molecule has 2 heterocycles. The molecule has 0 saturated heterocycles. The zero-order valence-electron chi connectivity index (χ0n) is 9.02. The summed E-state index contributed by atoms with van der Waals surface area (Å²) in [5.41, 5.74) is -1.24. The molecule has 0 aliphatic carbocycles. The van der Waals surface area contributed by atoms with E-state index in [1.165, 1.54) is 6.20 Å². The van der Waals surface area contributed by atoms with Gasteiger partial charge in [-0.05, 0) is 22.0 Å². The number of hydrogen-bond acceptors (Lipinski definition) is 3. The molecule has 0 spiro atoms. The second-order valence-electron chi connectivity index (χ2n) is 3.50. The standard InChI is InChI=1S/C10H5BrF3N3O2/c11-6-1-7(10(12,13)14)8(15-3-6)17-4-5(2-16-17)9(18)19/h1-4H,(H,18,19). The molecule has 0 aliphatic heterocycles. The summed E-state index contributed by atoms with van der Waals surface area (Å²) < 4.78 is 39.5. The first-order valence-corrected chi connectivity index (χ1v) is 5.59. The first kappa shape index (κ1) is 13.5. The first-order valence-electron chi connectivity index (χ1n) is 4.80. The minimum absolute atomic E-state index is 0.161. The van der Waals surface area contributed by atoms with E-state index in [9.17, 15) is 18.0 Å². The molecule has 19 heavy (non-hydrogen) atoms. The van der Waals surface area contributed by atoms with Crippen LogP contribution in [0.2, 0.25) is 0 Å². The Labute approximate surface area is 112 Å². The van der Waals surface area contributed by atoms with Crippen LogP contribution in [0.5, 0.6) is 0 Å². The third-order valence-corrected chi connectivity index (χ3v) is 2.62. The molecule has 9 heteroatoms. The molecule has 0 saturated carbocycles. The van der Waals surface area contributed by atoms with E-state index in [0.717, 1.165) is 23.1 Å². The molecular formula is C10H5BrF3N3O2. The average molecular weight is 336 g/mol. The van der Waals surface area contributed by atoms with E-state index in [-0.39, 0.29) is 10.0 Å². The summed E-state index contributed by atoms with van der Waals surface area (Å²) in [6.45, 7) is 0. The van der Waals surface area contributed by atoms with Gasteiger partial charge in [0.25, 0.3) is 0 Å². The van der Waals surface area contributed by atoms with Crippen LogP contribution in [0.3, 0.4) is 0 Å². The molecule has 2 rings (SSSR count). The lowest BCUT2D eigenvalue weighted by Crippen LogP contribution is -2.13. The Kier molecular flexibility index (Phi) is 3.31. The number of carbonyl (C=O) groups is 1. The number of alkyl halides is 3. The van der Waals surface area contributed by atoms with E-state index in [4.69, 9.17) is 5.11 Å². The number of carboxylic acids is 1. The predicted molar refractivity (Wildman–Crippen MR) is 61.0 cm³/mol. The Balaban J connectivity index is 2.58. The molecule has 0 bridgehead atoms. The molecule has 0 radical (unpaired) electrons. The zero-order valence-corrected chi connectivity index (χ0v) is 10.6. The third kappa shape index (κ3) is 2.75. The van der Waals surface area contributed by atoms with Crippen LogP contribution in [0.4, 0.5) is 13.2 Å². The number of nitrogens with zero attached hydrogens (tertiary/aromatic N) is 3. The van der Waals surface area contributed by atoms with Crippen molar-refractivity contribution in [1.29, 1.82) is 0 Å². The normalized spacial score (nSPS) is 11.6. The fourth-order valence-corrected chi connectivity index (χ4v) is 1.70. The number of hydrogen-bond donors (Lipinski definition) is 1. The van der Waals surface area contributed by atoms with E-state index < -0.39 is 23.5 Å². The summed E-state index contributed by atoms with van der Waals surface area (Å²) in [5, 5.41) is 12.3. The minimum atomic E-state index is -4.62. The van der Waals surface area contributed by atoms with Crippen molar-refractivity contribution in [2.45, 2.75) is 6.18 Å². The summed E-state index contributed by atoms with van der Waals surface area (Å²) in [4.78, 5) is 14.3. The Bertz CT molecular complexity index is 639. The van der Waals surface area contributed by atoms with Gasteiger partial charge in [0.1, 0.15) is 5.56 Å². The van der Waals surface area contributed by atoms with Crippen molar-refractivity contribution in [3.63, 3.8) is 0 Å². The molecule has 100 valence electrons. The third-order valence-electron chi connectivity index (χ3n) is 2.19. The highest BCUT2D eigenvalue weighted by atomic mass is 79.9. The lowest BCUT2D eigenvalue weighted by atomic mass is 10.2. The monoisotopic (exact) mass is 335 g/mol. The van der Waals surface area contributed by atoms with Crippen molar-refractivity contribution >= 4 is 21.9 Å². The smallest absolute Gasteiger partial charge is 0.420 e. The van der Waals surface area contributed by atoms with Gasteiger partial charge in [0.15, 0.2) is 5.82 Å². The molecule has 5 nitrogen and oxygen atoms in total. The van der Waals surface area contributed by atoms with Gasteiger partial charge in [-0.25, -0.2) is 14.5 Å². The SMILES string of the molecule is O=C(O)c1cnn(-c2ncc(Br)cc2C(F)(F)F)c1. The van der Waals surface area contributed by atoms with Crippen LogP contribution in [-0.2, 0) is 6.18 Å². The van der Waals surface area contributed by atoms with Gasteiger partial charge >= 0.3 is 12.1 Å². The van der Waals surface area contributed by atoms with Gasteiger partial charge < -0.3 is 5.11 Å². The highest BCUT2D eigenvalue weighted by molar-refractivity contribution is 9.10. The number of aromatic carboxylic acids is 1. The maximum Gasteiger partial charge on any atom is 0.420 e. The molecule has 0 fully saturated rings. The summed E-state index contributed by atoms with van der Waals surface area (Å²) in [5.74, 6) is -1.76. The maximum atomic E-state index is 12.9. The van der Waals surface area contributed by atoms with Crippen molar-refractivity contribution in [2.75, 3.05) is 0 Å². The van der Waals surface area contributed by atoms with Crippen molar-refractivity contribution in [2.24, 2.45) is 0 Å². The van der Waals surface area contributed by atoms with Crippen molar-refractivity contribution in [3.05, 3.63) is 40.3 Å².